The average Bonchev–Trinajstić information content (AvgIpc) is 2.77. The van der Waals surface area contributed by atoms with Crippen molar-refractivity contribution in [3.63, 3.8) is 0 Å². The lowest BCUT2D eigenvalue weighted by atomic mass is 10.0. The van der Waals surface area contributed by atoms with Gasteiger partial charge in [0.2, 0.25) is 0 Å². The van der Waals surface area contributed by atoms with E-state index in [-0.39, 0.29) is 5.69 Å². The molecule has 0 spiro atoms. The molecular formula is C10H10N2O2. The lowest BCUT2D eigenvalue weighted by Crippen LogP contribution is -2.09. The van der Waals surface area contributed by atoms with Gasteiger partial charge in [-0.3, -0.25) is 4.98 Å². The molecule has 0 aromatic carbocycles. The quantitative estimate of drug-likeness (QED) is 0.729. The number of carboxylic acids is 1. The Morgan fingerprint density at radius 3 is 2.79 bits per heavy atom. The van der Waals surface area contributed by atoms with Crippen LogP contribution in [0, 0.1) is 0 Å². The second-order valence-corrected chi connectivity index (χ2v) is 4.04. The van der Waals surface area contributed by atoms with Gasteiger partial charge in [0.05, 0.1) is 17.6 Å². The van der Waals surface area contributed by atoms with E-state index in [0.29, 0.717) is 11.8 Å². The zero-order valence-electron chi connectivity index (χ0n) is 7.60. The molecule has 1 saturated carbocycles. The first-order valence-corrected chi connectivity index (χ1v) is 4.86. The predicted octanol–water partition coefficient (Wildman–Crippen LogP) is 1.54. The van der Waals surface area contributed by atoms with Gasteiger partial charge in [-0.05, 0) is 19.3 Å². The largest absolute Gasteiger partial charge is 0.476 e. The van der Waals surface area contributed by atoms with E-state index in [1.165, 1.54) is 12.6 Å². The normalized spacial score (nSPS) is 27.7. The van der Waals surface area contributed by atoms with Crippen LogP contribution in [0.15, 0.2) is 6.20 Å². The zero-order valence-corrected chi connectivity index (χ0v) is 7.60. The van der Waals surface area contributed by atoms with Crippen LogP contribution in [0.2, 0.25) is 0 Å². The van der Waals surface area contributed by atoms with Gasteiger partial charge in [-0.25, -0.2) is 9.78 Å². The summed E-state index contributed by atoms with van der Waals surface area (Å²) >= 11 is 0. The summed E-state index contributed by atoms with van der Waals surface area (Å²) in [5.74, 6) is 0.0372. The molecule has 0 radical (unpaired) electrons. The number of fused-ring (bicyclic) bond motifs is 5. The van der Waals surface area contributed by atoms with Crippen LogP contribution in [-0.2, 0) is 0 Å². The highest BCUT2D eigenvalue weighted by Crippen LogP contribution is 2.51. The molecule has 2 bridgehead atoms. The van der Waals surface area contributed by atoms with Crippen LogP contribution in [0.25, 0.3) is 0 Å². The second kappa shape index (κ2) is 2.53. The van der Waals surface area contributed by atoms with Crippen molar-refractivity contribution >= 4 is 5.97 Å². The van der Waals surface area contributed by atoms with Gasteiger partial charge in [0.25, 0.3) is 0 Å². The van der Waals surface area contributed by atoms with Crippen molar-refractivity contribution < 1.29 is 9.90 Å². The fourth-order valence-corrected chi connectivity index (χ4v) is 2.61. The van der Waals surface area contributed by atoms with Crippen molar-refractivity contribution in [2.24, 2.45) is 0 Å². The van der Waals surface area contributed by atoms with Gasteiger partial charge in [0, 0.05) is 11.8 Å². The summed E-state index contributed by atoms with van der Waals surface area (Å²) in [4.78, 5) is 19.1. The van der Waals surface area contributed by atoms with E-state index in [2.05, 4.69) is 9.97 Å². The highest BCUT2D eigenvalue weighted by atomic mass is 16.4. The number of aromatic carboxylic acids is 1. The molecule has 0 saturated heterocycles. The Morgan fingerprint density at radius 2 is 2.07 bits per heavy atom. The second-order valence-electron chi connectivity index (χ2n) is 4.04. The number of rotatable bonds is 1. The topological polar surface area (TPSA) is 63.1 Å². The molecule has 14 heavy (non-hydrogen) atoms. The smallest absolute Gasteiger partial charge is 0.356 e. The van der Waals surface area contributed by atoms with E-state index in [0.717, 1.165) is 24.2 Å². The van der Waals surface area contributed by atoms with Gasteiger partial charge < -0.3 is 5.11 Å². The standard InChI is InChI=1S/C10H10N2O2/c13-10(14)7-4-11-8-5-1-2-6(3-5)9(8)12-7/h4-6H,1-3H2,(H,13,14). The molecule has 1 N–H and O–H groups in total. The van der Waals surface area contributed by atoms with Crippen molar-refractivity contribution in [1.29, 1.82) is 0 Å². The van der Waals surface area contributed by atoms with Gasteiger partial charge in [0.1, 0.15) is 0 Å². The number of hydrogen-bond donors (Lipinski definition) is 1. The summed E-state index contributed by atoms with van der Waals surface area (Å²) in [5.41, 5.74) is 2.07. The van der Waals surface area contributed by atoms with Gasteiger partial charge >= 0.3 is 5.97 Å². The maximum Gasteiger partial charge on any atom is 0.356 e. The summed E-state index contributed by atoms with van der Waals surface area (Å²) in [6.07, 6.45) is 4.84. The number of aromatic nitrogens is 2. The van der Waals surface area contributed by atoms with Crippen molar-refractivity contribution in [3.8, 4) is 0 Å². The number of nitrogens with zero attached hydrogens (tertiary/aromatic N) is 2. The summed E-state index contributed by atoms with van der Waals surface area (Å²) < 4.78 is 0. The van der Waals surface area contributed by atoms with Crippen LogP contribution in [0.3, 0.4) is 0 Å². The molecule has 2 atom stereocenters. The van der Waals surface area contributed by atoms with Crippen molar-refractivity contribution in [3.05, 3.63) is 23.3 Å². The third kappa shape index (κ3) is 0.908. The Kier molecular flexibility index (Phi) is 1.43. The summed E-state index contributed by atoms with van der Waals surface area (Å²) in [7, 11) is 0. The van der Waals surface area contributed by atoms with E-state index in [1.54, 1.807) is 0 Å². The van der Waals surface area contributed by atoms with Crippen molar-refractivity contribution in [1.82, 2.24) is 9.97 Å². The Labute approximate surface area is 81.0 Å². The minimum atomic E-state index is -0.983. The molecule has 1 fully saturated rings. The van der Waals surface area contributed by atoms with Gasteiger partial charge in [-0.15, -0.1) is 0 Å². The molecule has 4 nitrogen and oxygen atoms in total. The number of carboxylic acid groups (broad SMARTS) is 1. The molecule has 2 aliphatic carbocycles. The van der Waals surface area contributed by atoms with Crippen LogP contribution >= 0.6 is 0 Å². The minimum absolute atomic E-state index is 0.0799. The highest BCUT2D eigenvalue weighted by molar-refractivity contribution is 5.85. The summed E-state index contributed by atoms with van der Waals surface area (Å²) in [5, 5.41) is 8.78. The van der Waals surface area contributed by atoms with E-state index >= 15 is 0 Å². The van der Waals surface area contributed by atoms with Crippen LogP contribution in [-0.4, -0.2) is 21.0 Å². The van der Waals surface area contributed by atoms with Crippen LogP contribution in [0.1, 0.15) is 53.0 Å². The molecule has 2 aliphatic rings. The maximum absolute atomic E-state index is 10.7. The fraction of sp³-hybridized carbons (Fsp3) is 0.500. The van der Waals surface area contributed by atoms with E-state index in [9.17, 15) is 4.79 Å². The van der Waals surface area contributed by atoms with Gasteiger partial charge in [0.15, 0.2) is 5.69 Å². The molecule has 4 heteroatoms. The van der Waals surface area contributed by atoms with E-state index in [4.69, 9.17) is 5.11 Å². The summed E-state index contributed by atoms with van der Waals surface area (Å²) in [6, 6.07) is 0. The fourth-order valence-electron chi connectivity index (χ4n) is 2.61. The van der Waals surface area contributed by atoms with Gasteiger partial charge in [-0.1, -0.05) is 0 Å². The number of carbonyl (C=O) groups is 1. The van der Waals surface area contributed by atoms with Crippen molar-refractivity contribution in [2.45, 2.75) is 31.1 Å². The molecule has 2 unspecified atom stereocenters. The Hall–Kier alpha value is -1.45. The molecule has 1 aromatic heterocycles. The van der Waals surface area contributed by atoms with Crippen LogP contribution in [0.4, 0.5) is 0 Å². The summed E-state index contributed by atoms with van der Waals surface area (Å²) in [6.45, 7) is 0. The predicted molar refractivity (Wildman–Crippen MR) is 48.3 cm³/mol. The van der Waals surface area contributed by atoms with E-state index < -0.39 is 5.97 Å². The monoisotopic (exact) mass is 190 g/mol. The Bertz CT molecular complexity index is 417. The van der Waals surface area contributed by atoms with Crippen LogP contribution < -0.4 is 0 Å². The Balaban J connectivity index is 2.12. The highest BCUT2D eigenvalue weighted by Gasteiger charge is 2.39. The molecule has 3 rings (SSSR count). The van der Waals surface area contributed by atoms with Crippen molar-refractivity contribution in [2.75, 3.05) is 0 Å². The zero-order chi connectivity index (χ0) is 9.71. The first kappa shape index (κ1) is 7.91. The lowest BCUT2D eigenvalue weighted by molar-refractivity contribution is 0.0689. The third-order valence-electron chi connectivity index (χ3n) is 3.25. The molecule has 0 amide bonds. The lowest BCUT2D eigenvalue weighted by Gasteiger charge is -2.12. The number of hydrogen-bond acceptors (Lipinski definition) is 3. The molecule has 72 valence electrons. The van der Waals surface area contributed by atoms with E-state index in [1.807, 2.05) is 0 Å². The molecule has 1 heterocycles. The third-order valence-corrected chi connectivity index (χ3v) is 3.25. The average molecular weight is 190 g/mol. The first-order chi connectivity index (χ1) is 6.75. The van der Waals surface area contributed by atoms with Crippen LogP contribution in [0.5, 0.6) is 0 Å². The maximum atomic E-state index is 10.7. The molecular weight excluding hydrogens is 180 g/mol. The first-order valence-electron chi connectivity index (χ1n) is 4.86. The SMILES string of the molecule is O=C(O)c1cnc2c(n1)C1CCC2C1. The minimum Gasteiger partial charge on any atom is -0.476 e. The van der Waals surface area contributed by atoms with Gasteiger partial charge in [-0.2, -0.15) is 0 Å². The molecule has 0 aliphatic heterocycles. The molecule has 1 aromatic rings. The Morgan fingerprint density at radius 1 is 1.36 bits per heavy atom.